The van der Waals surface area contributed by atoms with Gasteiger partial charge in [0, 0.05) is 11.1 Å². The highest BCUT2D eigenvalue weighted by molar-refractivity contribution is 6.05. The maximum Gasteiger partial charge on any atom is 0.344 e. The van der Waals surface area contributed by atoms with Crippen LogP contribution in [0.2, 0.25) is 0 Å². The third-order valence-electron chi connectivity index (χ3n) is 3.51. The van der Waals surface area contributed by atoms with Crippen LogP contribution in [0.3, 0.4) is 0 Å². The maximum atomic E-state index is 12.3. The van der Waals surface area contributed by atoms with E-state index < -0.39 is 5.97 Å². The van der Waals surface area contributed by atoms with Crippen molar-refractivity contribution in [2.75, 3.05) is 12.3 Å². The second kappa shape index (κ2) is 6.40. The fourth-order valence-corrected chi connectivity index (χ4v) is 2.53. The van der Waals surface area contributed by atoms with Gasteiger partial charge < -0.3 is 14.9 Å². The Kier molecular flexibility index (Phi) is 4.15. The lowest BCUT2D eigenvalue weighted by molar-refractivity contribution is 0.0528. The minimum atomic E-state index is -0.477. The molecule has 0 aliphatic heterocycles. The van der Waals surface area contributed by atoms with Gasteiger partial charge in [0.25, 0.3) is 0 Å². The molecule has 0 radical (unpaired) electrons. The van der Waals surface area contributed by atoms with Crippen molar-refractivity contribution in [1.82, 2.24) is 0 Å². The highest BCUT2D eigenvalue weighted by atomic mass is 16.5. The number of carbonyl (C=O) groups excluding carboxylic acids is 1. The Morgan fingerprint density at radius 1 is 1.00 bits per heavy atom. The van der Waals surface area contributed by atoms with E-state index in [1.54, 1.807) is 6.92 Å². The minimum Gasteiger partial charge on any atom is -0.462 e. The van der Waals surface area contributed by atoms with Gasteiger partial charge in [0.05, 0.1) is 6.61 Å². The van der Waals surface area contributed by atoms with E-state index in [1.807, 2.05) is 60.7 Å². The first-order valence-corrected chi connectivity index (χ1v) is 7.42. The average molecular weight is 307 g/mol. The van der Waals surface area contributed by atoms with E-state index in [-0.39, 0.29) is 18.1 Å². The molecule has 0 atom stereocenters. The van der Waals surface area contributed by atoms with E-state index in [9.17, 15) is 4.79 Å². The lowest BCUT2D eigenvalue weighted by atomic mass is 9.98. The van der Waals surface area contributed by atoms with E-state index in [0.717, 1.165) is 11.1 Å². The number of nitrogen functional groups attached to an aromatic ring is 1. The molecule has 0 bridgehead atoms. The Morgan fingerprint density at radius 3 is 2.13 bits per heavy atom. The number of nitrogens with two attached hydrogens (primary N) is 1. The van der Waals surface area contributed by atoms with Gasteiger partial charge in [-0.2, -0.15) is 0 Å². The van der Waals surface area contributed by atoms with Crippen LogP contribution in [0.5, 0.6) is 0 Å². The second-order valence-corrected chi connectivity index (χ2v) is 5.00. The van der Waals surface area contributed by atoms with Crippen molar-refractivity contribution in [3.63, 3.8) is 0 Å². The summed E-state index contributed by atoms with van der Waals surface area (Å²) < 4.78 is 10.9. The van der Waals surface area contributed by atoms with E-state index >= 15 is 0 Å². The lowest BCUT2D eigenvalue weighted by Crippen LogP contribution is -2.07. The van der Waals surface area contributed by atoms with Crippen LogP contribution in [0.25, 0.3) is 22.5 Å². The molecule has 3 rings (SSSR count). The molecule has 3 aromatic rings. The first-order valence-electron chi connectivity index (χ1n) is 7.42. The fraction of sp³-hybridized carbons (Fsp3) is 0.105. The van der Waals surface area contributed by atoms with Crippen LogP contribution in [0.1, 0.15) is 17.3 Å². The number of rotatable bonds is 4. The molecular formula is C19H17NO3. The van der Waals surface area contributed by atoms with E-state index in [2.05, 4.69) is 0 Å². The van der Waals surface area contributed by atoms with Crippen LogP contribution in [0, 0.1) is 0 Å². The maximum absolute atomic E-state index is 12.3. The number of benzene rings is 2. The summed E-state index contributed by atoms with van der Waals surface area (Å²) in [6.45, 7) is 2.03. The van der Waals surface area contributed by atoms with Crippen LogP contribution in [0.15, 0.2) is 65.1 Å². The van der Waals surface area contributed by atoms with Crippen LogP contribution < -0.4 is 5.73 Å². The summed E-state index contributed by atoms with van der Waals surface area (Å²) in [5, 5.41) is 0. The number of furan rings is 1. The van der Waals surface area contributed by atoms with E-state index in [4.69, 9.17) is 14.9 Å². The predicted molar refractivity (Wildman–Crippen MR) is 89.9 cm³/mol. The number of esters is 1. The summed E-state index contributed by atoms with van der Waals surface area (Å²) in [6, 6.07) is 19.1. The minimum absolute atomic E-state index is 0.0705. The molecule has 1 aromatic heterocycles. The third kappa shape index (κ3) is 2.83. The van der Waals surface area contributed by atoms with Crippen molar-refractivity contribution in [2.24, 2.45) is 0 Å². The van der Waals surface area contributed by atoms with E-state index in [1.165, 1.54) is 0 Å². The van der Waals surface area contributed by atoms with Crippen LogP contribution >= 0.6 is 0 Å². The number of ether oxygens (including phenoxy) is 1. The standard InChI is InChI=1S/C19H17NO3/c1-2-22-19(21)16-15(13-9-5-3-6-10-13)17(23-18(16)20)14-11-7-4-8-12-14/h3-12H,2,20H2,1H3. The van der Waals surface area contributed by atoms with Gasteiger partial charge in [0.1, 0.15) is 11.3 Å². The zero-order valence-electron chi connectivity index (χ0n) is 12.8. The summed E-state index contributed by atoms with van der Waals surface area (Å²) in [5.74, 6) is 0.160. The first-order chi connectivity index (χ1) is 11.2. The summed E-state index contributed by atoms with van der Waals surface area (Å²) in [7, 11) is 0. The molecule has 0 spiro atoms. The molecule has 0 aliphatic rings. The van der Waals surface area contributed by atoms with Gasteiger partial charge in [-0.25, -0.2) is 4.79 Å². The molecule has 4 heteroatoms. The quantitative estimate of drug-likeness (QED) is 0.727. The molecule has 0 saturated heterocycles. The SMILES string of the molecule is CCOC(=O)c1c(N)oc(-c2ccccc2)c1-c1ccccc1. The summed E-state index contributed by atoms with van der Waals surface area (Å²) >= 11 is 0. The Bertz CT molecular complexity index is 807. The Morgan fingerprint density at radius 2 is 1.57 bits per heavy atom. The molecule has 1 heterocycles. The Labute approximate surface area is 134 Å². The molecule has 116 valence electrons. The van der Waals surface area contributed by atoms with Crippen molar-refractivity contribution in [3.8, 4) is 22.5 Å². The number of carbonyl (C=O) groups is 1. The number of hydrogen-bond donors (Lipinski definition) is 1. The average Bonchev–Trinajstić information content (AvgIpc) is 2.94. The van der Waals surface area contributed by atoms with Crippen molar-refractivity contribution >= 4 is 11.9 Å². The van der Waals surface area contributed by atoms with Gasteiger partial charge in [-0.3, -0.25) is 0 Å². The third-order valence-corrected chi connectivity index (χ3v) is 3.51. The molecule has 0 saturated carbocycles. The molecule has 4 nitrogen and oxygen atoms in total. The van der Waals surface area contributed by atoms with Gasteiger partial charge >= 0.3 is 5.97 Å². The van der Waals surface area contributed by atoms with Crippen molar-refractivity contribution in [1.29, 1.82) is 0 Å². The van der Waals surface area contributed by atoms with Gasteiger partial charge in [0.2, 0.25) is 5.88 Å². The number of anilines is 1. The molecule has 0 fully saturated rings. The van der Waals surface area contributed by atoms with Crippen LogP contribution in [-0.2, 0) is 4.74 Å². The molecule has 0 aliphatic carbocycles. The predicted octanol–water partition coefficient (Wildman–Crippen LogP) is 4.37. The molecular weight excluding hydrogens is 290 g/mol. The Balaban J connectivity index is 2.25. The van der Waals surface area contributed by atoms with Crippen molar-refractivity contribution in [3.05, 3.63) is 66.2 Å². The van der Waals surface area contributed by atoms with Gasteiger partial charge in [-0.05, 0) is 12.5 Å². The largest absolute Gasteiger partial charge is 0.462 e. The fourth-order valence-electron chi connectivity index (χ4n) is 2.53. The molecule has 0 unspecified atom stereocenters. The highest BCUT2D eigenvalue weighted by Crippen LogP contribution is 2.40. The molecule has 0 amide bonds. The van der Waals surface area contributed by atoms with Crippen molar-refractivity contribution < 1.29 is 13.9 Å². The van der Waals surface area contributed by atoms with Gasteiger partial charge in [0.15, 0.2) is 0 Å². The summed E-state index contributed by atoms with van der Waals surface area (Å²) in [5.41, 5.74) is 8.63. The zero-order chi connectivity index (χ0) is 16.2. The monoisotopic (exact) mass is 307 g/mol. The molecule has 23 heavy (non-hydrogen) atoms. The first kappa shape index (κ1) is 14.9. The van der Waals surface area contributed by atoms with Gasteiger partial charge in [-0.1, -0.05) is 60.7 Å². The second-order valence-electron chi connectivity index (χ2n) is 5.00. The Hall–Kier alpha value is -3.01. The molecule has 2 aromatic carbocycles. The normalized spacial score (nSPS) is 10.5. The topological polar surface area (TPSA) is 65.5 Å². The zero-order valence-corrected chi connectivity index (χ0v) is 12.8. The summed E-state index contributed by atoms with van der Waals surface area (Å²) in [4.78, 5) is 12.3. The number of hydrogen-bond acceptors (Lipinski definition) is 4. The van der Waals surface area contributed by atoms with Crippen molar-refractivity contribution in [2.45, 2.75) is 6.92 Å². The highest BCUT2D eigenvalue weighted by Gasteiger charge is 2.27. The van der Waals surface area contributed by atoms with Crippen LogP contribution in [-0.4, -0.2) is 12.6 Å². The summed E-state index contributed by atoms with van der Waals surface area (Å²) in [6.07, 6.45) is 0. The van der Waals surface area contributed by atoms with Gasteiger partial charge in [-0.15, -0.1) is 0 Å². The smallest absolute Gasteiger partial charge is 0.344 e. The molecule has 2 N–H and O–H groups in total. The lowest BCUT2D eigenvalue weighted by Gasteiger charge is -2.06. The van der Waals surface area contributed by atoms with Crippen LogP contribution in [0.4, 0.5) is 5.88 Å². The van der Waals surface area contributed by atoms with E-state index in [0.29, 0.717) is 11.3 Å².